The van der Waals surface area contributed by atoms with Crippen molar-refractivity contribution in [3.05, 3.63) is 87.9 Å². The fraction of sp³-hybridized carbons (Fsp3) is 0.467. The van der Waals surface area contributed by atoms with Gasteiger partial charge in [-0.3, -0.25) is 39.1 Å². The molecule has 5 aliphatic rings. The van der Waals surface area contributed by atoms with Crippen LogP contribution in [0.4, 0.5) is 17.1 Å². The molecule has 3 aromatic rings. The number of nitrogens with one attached hydrogen (secondary N) is 1. The highest BCUT2D eigenvalue weighted by molar-refractivity contribution is 6.32. The third-order valence-corrected chi connectivity index (χ3v) is 13.7. The summed E-state index contributed by atoms with van der Waals surface area (Å²) in [5, 5.41) is 11.9. The number of hydrogen-bond acceptors (Lipinski definition) is 10. The summed E-state index contributed by atoms with van der Waals surface area (Å²) in [6.07, 6.45) is 6.36. The molecule has 5 aliphatic heterocycles. The number of benzene rings is 3. The SMILES string of the molecule is CCCC(C(=O)NC=O)N1C(=O)c2ccc(N3CCC(N4CCN(C(=O)c5ccc(N6CCC7(CC6)CCN(c6ccc(C#N)c(Cl)c6)C7)cc5)CC4)CC3)cc2C1=O. The van der Waals surface area contributed by atoms with Gasteiger partial charge in [0.25, 0.3) is 17.7 Å². The molecule has 1 unspecified atom stereocenters. The molecule has 14 heteroatoms. The van der Waals surface area contributed by atoms with Gasteiger partial charge in [0.2, 0.25) is 12.3 Å². The van der Waals surface area contributed by atoms with Crippen LogP contribution in [-0.2, 0) is 9.59 Å². The number of nitrogens with zero attached hydrogens (tertiary/aromatic N) is 7. The zero-order valence-electron chi connectivity index (χ0n) is 33.6. The first-order valence-electron chi connectivity index (χ1n) is 21.0. The van der Waals surface area contributed by atoms with E-state index in [0.717, 1.165) is 112 Å². The fourth-order valence-electron chi connectivity index (χ4n) is 9.90. The Morgan fingerprint density at radius 3 is 2.07 bits per heavy atom. The minimum absolute atomic E-state index is 0.0751. The van der Waals surface area contributed by atoms with Gasteiger partial charge in [-0.05, 0) is 105 Å². The van der Waals surface area contributed by atoms with Crippen LogP contribution in [0.2, 0.25) is 5.02 Å². The lowest BCUT2D eigenvalue weighted by molar-refractivity contribution is -0.128. The number of amides is 5. The first-order chi connectivity index (χ1) is 28.6. The van der Waals surface area contributed by atoms with Crippen molar-refractivity contribution in [1.82, 2.24) is 20.0 Å². The number of anilines is 3. The van der Waals surface area contributed by atoms with Crippen molar-refractivity contribution in [2.75, 3.05) is 80.1 Å². The molecule has 4 fully saturated rings. The van der Waals surface area contributed by atoms with Crippen LogP contribution in [0.5, 0.6) is 0 Å². The molecule has 0 bridgehead atoms. The second-order valence-electron chi connectivity index (χ2n) is 16.7. The van der Waals surface area contributed by atoms with Crippen LogP contribution in [-0.4, -0.2) is 122 Å². The Morgan fingerprint density at radius 2 is 1.42 bits per heavy atom. The largest absolute Gasteiger partial charge is 0.371 e. The number of piperidine rings is 2. The van der Waals surface area contributed by atoms with Crippen molar-refractivity contribution in [2.45, 2.75) is 64.0 Å². The highest BCUT2D eigenvalue weighted by Crippen LogP contribution is 2.43. The van der Waals surface area contributed by atoms with Crippen LogP contribution in [0.15, 0.2) is 60.7 Å². The molecule has 8 rings (SSSR count). The molecule has 1 atom stereocenters. The lowest BCUT2D eigenvalue weighted by atomic mass is 9.77. The van der Waals surface area contributed by atoms with E-state index in [9.17, 15) is 29.2 Å². The second kappa shape index (κ2) is 17.0. The molecule has 0 saturated carbocycles. The number of nitriles is 1. The number of carbonyl (C=O) groups excluding carboxylic acids is 5. The fourth-order valence-corrected chi connectivity index (χ4v) is 10.1. The third kappa shape index (κ3) is 8.00. The quantitative estimate of drug-likeness (QED) is 0.215. The number of hydrogen-bond donors (Lipinski definition) is 1. The number of halogens is 1. The van der Waals surface area contributed by atoms with Gasteiger partial charge in [0.15, 0.2) is 0 Å². The molecule has 1 N–H and O–H groups in total. The molecule has 1 spiro atoms. The highest BCUT2D eigenvalue weighted by Gasteiger charge is 2.43. The van der Waals surface area contributed by atoms with Crippen LogP contribution in [0.3, 0.4) is 0 Å². The summed E-state index contributed by atoms with van der Waals surface area (Å²) in [4.78, 5) is 76.3. The monoisotopic (exact) mass is 818 g/mol. The Morgan fingerprint density at radius 1 is 0.814 bits per heavy atom. The van der Waals surface area contributed by atoms with Gasteiger partial charge in [0.05, 0.1) is 21.7 Å². The van der Waals surface area contributed by atoms with Gasteiger partial charge < -0.3 is 19.6 Å². The minimum Gasteiger partial charge on any atom is -0.371 e. The van der Waals surface area contributed by atoms with Crippen LogP contribution in [0.25, 0.3) is 0 Å². The van der Waals surface area contributed by atoms with Crippen molar-refractivity contribution in [1.29, 1.82) is 5.26 Å². The molecule has 0 aromatic heterocycles. The highest BCUT2D eigenvalue weighted by atomic mass is 35.5. The number of rotatable bonds is 10. The van der Waals surface area contributed by atoms with Gasteiger partial charge in [0.1, 0.15) is 12.1 Å². The maximum absolute atomic E-state index is 13.6. The van der Waals surface area contributed by atoms with E-state index in [0.29, 0.717) is 36.1 Å². The standard InChI is InChI=1S/C45H51ClN8O5/c1-2-3-40(41(56)48-30-55)54-43(58)37-11-10-35(26-38(37)44(54)59)49-17-12-34(13-18-49)51-22-24-52(25-23-51)42(57)31-4-7-33(8-5-31)50-19-14-45(15-20-50)16-21-53(29-45)36-9-6-32(28-47)39(46)27-36/h4-11,26-27,30,34,40H,2-3,12-25,29H2,1H3,(H,48,55,56). The van der Waals surface area contributed by atoms with E-state index < -0.39 is 23.8 Å². The molecule has 308 valence electrons. The van der Waals surface area contributed by atoms with Gasteiger partial charge >= 0.3 is 0 Å². The predicted octanol–water partition coefficient (Wildman–Crippen LogP) is 5.17. The number of carbonyl (C=O) groups is 5. The molecular formula is C45H51ClN8O5. The summed E-state index contributed by atoms with van der Waals surface area (Å²) < 4.78 is 0. The van der Waals surface area contributed by atoms with E-state index in [4.69, 9.17) is 11.6 Å². The number of fused-ring (bicyclic) bond motifs is 1. The molecular weight excluding hydrogens is 768 g/mol. The second-order valence-corrected chi connectivity index (χ2v) is 17.1. The summed E-state index contributed by atoms with van der Waals surface area (Å²) in [5.41, 5.74) is 5.18. The Hall–Kier alpha value is -5.45. The Kier molecular flexibility index (Phi) is 11.6. The smallest absolute Gasteiger partial charge is 0.262 e. The maximum atomic E-state index is 13.6. The zero-order chi connectivity index (χ0) is 41.3. The summed E-state index contributed by atoms with van der Waals surface area (Å²) >= 11 is 6.33. The summed E-state index contributed by atoms with van der Waals surface area (Å²) in [6, 6.07) is 20.7. The van der Waals surface area contributed by atoms with Crippen LogP contribution >= 0.6 is 11.6 Å². The van der Waals surface area contributed by atoms with Crippen molar-refractivity contribution >= 4 is 58.7 Å². The van der Waals surface area contributed by atoms with E-state index in [1.165, 1.54) is 0 Å². The van der Waals surface area contributed by atoms with E-state index in [-0.39, 0.29) is 35.3 Å². The average Bonchev–Trinajstić information content (AvgIpc) is 3.79. The van der Waals surface area contributed by atoms with E-state index in [2.05, 4.69) is 43.1 Å². The van der Waals surface area contributed by atoms with Crippen molar-refractivity contribution in [3.63, 3.8) is 0 Å². The van der Waals surface area contributed by atoms with Gasteiger partial charge in [-0.2, -0.15) is 5.26 Å². The van der Waals surface area contributed by atoms with E-state index in [1.54, 1.807) is 12.1 Å². The molecule has 3 aromatic carbocycles. The van der Waals surface area contributed by atoms with Crippen molar-refractivity contribution < 1.29 is 24.0 Å². The Bertz CT molecular complexity index is 2150. The molecule has 4 saturated heterocycles. The molecule has 13 nitrogen and oxygen atoms in total. The third-order valence-electron chi connectivity index (χ3n) is 13.4. The van der Waals surface area contributed by atoms with E-state index in [1.807, 2.05) is 48.2 Å². The number of piperazine rings is 1. The van der Waals surface area contributed by atoms with Crippen LogP contribution in [0.1, 0.15) is 88.5 Å². The van der Waals surface area contributed by atoms with Gasteiger partial charge in [-0.1, -0.05) is 24.9 Å². The van der Waals surface area contributed by atoms with E-state index >= 15 is 0 Å². The topological polar surface area (TPSA) is 141 Å². The number of imide groups is 2. The molecule has 0 aliphatic carbocycles. The van der Waals surface area contributed by atoms with Gasteiger partial charge in [0, 0.05) is 94.1 Å². The maximum Gasteiger partial charge on any atom is 0.262 e. The summed E-state index contributed by atoms with van der Waals surface area (Å²) in [7, 11) is 0. The van der Waals surface area contributed by atoms with Crippen molar-refractivity contribution in [2.24, 2.45) is 5.41 Å². The lowest BCUT2D eigenvalue weighted by Crippen LogP contribution is -2.54. The predicted molar refractivity (Wildman–Crippen MR) is 226 cm³/mol. The molecule has 5 amide bonds. The molecule has 59 heavy (non-hydrogen) atoms. The van der Waals surface area contributed by atoms with Gasteiger partial charge in [-0.25, -0.2) is 0 Å². The molecule has 5 heterocycles. The zero-order valence-corrected chi connectivity index (χ0v) is 34.3. The Labute approximate surface area is 350 Å². The van der Waals surface area contributed by atoms with Gasteiger partial charge in [-0.15, -0.1) is 0 Å². The first-order valence-corrected chi connectivity index (χ1v) is 21.3. The molecule has 0 radical (unpaired) electrons. The summed E-state index contributed by atoms with van der Waals surface area (Å²) in [5.74, 6) is -1.61. The van der Waals surface area contributed by atoms with Crippen LogP contribution < -0.4 is 20.0 Å². The van der Waals surface area contributed by atoms with Crippen LogP contribution in [0, 0.1) is 16.7 Å². The Balaban J connectivity index is 0.792. The lowest BCUT2D eigenvalue weighted by Gasteiger charge is -2.43. The average molecular weight is 819 g/mol. The first kappa shape index (κ1) is 40.3. The summed E-state index contributed by atoms with van der Waals surface area (Å²) in [6.45, 7) is 10.4. The normalized spacial score (nSPS) is 20.2. The minimum atomic E-state index is -1.04. The van der Waals surface area contributed by atoms with Crippen molar-refractivity contribution in [3.8, 4) is 6.07 Å².